The maximum absolute atomic E-state index is 11.7. The predicted molar refractivity (Wildman–Crippen MR) is 115 cm³/mol. The summed E-state index contributed by atoms with van der Waals surface area (Å²) < 4.78 is 22.6. The second-order valence-corrected chi connectivity index (χ2v) is 7.49. The number of methoxy groups -OCH3 is 2. The Hall–Kier alpha value is -2.87. The lowest BCUT2D eigenvalue weighted by Crippen LogP contribution is -2.44. The number of rotatable bonds is 7. The van der Waals surface area contributed by atoms with E-state index in [1.165, 1.54) is 6.26 Å². The number of benzene rings is 2. The Labute approximate surface area is 181 Å². The van der Waals surface area contributed by atoms with Crippen LogP contribution in [0.3, 0.4) is 0 Å². The molecule has 7 nitrogen and oxygen atoms in total. The molecule has 4 unspecified atom stereocenters. The van der Waals surface area contributed by atoms with Crippen LogP contribution in [-0.4, -0.2) is 49.0 Å². The molecule has 2 N–H and O–H groups in total. The van der Waals surface area contributed by atoms with E-state index in [1.807, 2.05) is 13.0 Å². The molecule has 0 radical (unpaired) electrons. The summed E-state index contributed by atoms with van der Waals surface area (Å²) in [7, 11) is 3.12. The van der Waals surface area contributed by atoms with E-state index < -0.39 is 24.4 Å². The minimum Gasteiger partial charge on any atom is -0.497 e. The van der Waals surface area contributed by atoms with Crippen LogP contribution in [0.2, 0.25) is 0 Å². The average molecular weight is 428 g/mol. The van der Waals surface area contributed by atoms with Gasteiger partial charge in [0.1, 0.15) is 29.6 Å². The van der Waals surface area contributed by atoms with E-state index in [4.69, 9.17) is 18.9 Å². The number of aliphatic hydroxyl groups is 2. The van der Waals surface area contributed by atoms with Gasteiger partial charge < -0.3 is 29.2 Å². The van der Waals surface area contributed by atoms with Gasteiger partial charge in [-0.05, 0) is 43.2 Å². The Kier molecular flexibility index (Phi) is 7.33. The molecule has 1 aliphatic heterocycles. The van der Waals surface area contributed by atoms with Crippen LogP contribution >= 0.6 is 0 Å². The second kappa shape index (κ2) is 9.96. The van der Waals surface area contributed by atoms with E-state index >= 15 is 0 Å². The van der Waals surface area contributed by atoms with Gasteiger partial charge in [-0.1, -0.05) is 18.2 Å². The molecule has 1 aliphatic rings. The van der Waals surface area contributed by atoms with Crippen molar-refractivity contribution in [3.8, 4) is 17.2 Å². The number of allylic oxidation sites excluding steroid dienone is 1. The molecular weight excluding hydrogens is 400 g/mol. The van der Waals surface area contributed by atoms with E-state index in [2.05, 4.69) is 0 Å². The van der Waals surface area contributed by atoms with Crippen LogP contribution in [0.15, 0.2) is 42.7 Å². The SMILES string of the molecule is COc1ccc(/C(C=O)=C/Oc2c(C)ccc(OC)c2C2CC(O)C(O)C(C)O2)cc1. The maximum atomic E-state index is 11.7. The standard InChI is InChI=1S/C24H28O7/c1-14-5-10-20(29-4)22(21-11-19(26)23(27)15(2)31-21)24(14)30-13-17(12-25)16-6-8-18(28-3)9-7-16/h5-10,12-13,15,19,21,23,26-27H,11H2,1-4H3/b17-13+. The van der Waals surface area contributed by atoms with Crippen LogP contribution in [-0.2, 0) is 9.53 Å². The van der Waals surface area contributed by atoms with Crippen LogP contribution in [0.1, 0.15) is 36.1 Å². The Morgan fingerprint density at radius 3 is 2.39 bits per heavy atom. The average Bonchev–Trinajstić information content (AvgIpc) is 2.78. The molecule has 2 aromatic carbocycles. The first-order valence-electron chi connectivity index (χ1n) is 10.0. The molecule has 31 heavy (non-hydrogen) atoms. The molecule has 0 aliphatic carbocycles. The molecule has 7 heteroatoms. The number of hydrogen-bond donors (Lipinski definition) is 2. The lowest BCUT2D eigenvalue weighted by Gasteiger charge is -2.36. The molecule has 166 valence electrons. The number of carbonyl (C=O) groups is 1. The number of ether oxygens (including phenoxy) is 4. The number of aliphatic hydroxyl groups excluding tert-OH is 2. The van der Waals surface area contributed by atoms with Crippen LogP contribution in [0.5, 0.6) is 17.2 Å². The first kappa shape index (κ1) is 22.8. The fourth-order valence-electron chi connectivity index (χ4n) is 3.65. The Balaban J connectivity index is 1.98. The van der Waals surface area contributed by atoms with Crippen molar-refractivity contribution in [1.29, 1.82) is 0 Å². The van der Waals surface area contributed by atoms with Gasteiger partial charge >= 0.3 is 0 Å². The smallest absolute Gasteiger partial charge is 0.153 e. The van der Waals surface area contributed by atoms with Gasteiger partial charge in [-0.25, -0.2) is 0 Å². The fraction of sp³-hybridized carbons (Fsp3) is 0.375. The molecule has 1 heterocycles. The summed E-state index contributed by atoms with van der Waals surface area (Å²) in [6.45, 7) is 3.58. The quantitative estimate of drug-likeness (QED) is 0.397. The Morgan fingerprint density at radius 2 is 1.81 bits per heavy atom. The third kappa shape index (κ3) is 4.90. The van der Waals surface area contributed by atoms with Crippen molar-refractivity contribution in [3.63, 3.8) is 0 Å². The molecule has 0 spiro atoms. The maximum Gasteiger partial charge on any atom is 0.153 e. The molecule has 1 fully saturated rings. The Morgan fingerprint density at radius 1 is 1.10 bits per heavy atom. The normalized spacial score (nSPS) is 23.9. The molecule has 3 rings (SSSR count). The number of aldehydes is 1. The molecule has 0 amide bonds. The minimum absolute atomic E-state index is 0.185. The highest BCUT2D eigenvalue weighted by Crippen LogP contribution is 2.43. The third-order valence-corrected chi connectivity index (χ3v) is 5.46. The van der Waals surface area contributed by atoms with Crippen molar-refractivity contribution in [1.82, 2.24) is 0 Å². The molecular formula is C24H28O7. The molecule has 0 aromatic heterocycles. The van der Waals surface area contributed by atoms with E-state index in [0.29, 0.717) is 33.9 Å². The predicted octanol–water partition coefficient (Wildman–Crippen LogP) is 3.20. The van der Waals surface area contributed by atoms with Crippen LogP contribution in [0.25, 0.3) is 5.57 Å². The lowest BCUT2D eigenvalue weighted by molar-refractivity contribution is -0.164. The summed E-state index contributed by atoms with van der Waals surface area (Å²) in [6.07, 6.45) is -0.724. The molecule has 0 saturated carbocycles. The first-order valence-corrected chi connectivity index (χ1v) is 10.0. The summed E-state index contributed by atoms with van der Waals surface area (Å²) in [4.78, 5) is 11.7. The topological polar surface area (TPSA) is 94.5 Å². The van der Waals surface area contributed by atoms with Gasteiger partial charge in [-0.3, -0.25) is 4.79 Å². The van der Waals surface area contributed by atoms with Crippen LogP contribution < -0.4 is 14.2 Å². The van der Waals surface area contributed by atoms with Gasteiger partial charge in [-0.15, -0.1) is 0 Å². The largest absolute Gasteiger partial charge is 0.497 e. The molecule has 4 atom stereocenters. The highest BCUT2D eigenvalue weighted by Gasteiger charge is 2.37. The number of carbonyl (C=O) groups excluding carboxylic acids is 1. The zero-order valence-corrected chi connectivity index (χ0v) is 18.1. The van der Waals surface area contributed by atoms with E-state index in [0.717, 1.165) is 11.8 Å². The van der Waals surface area contributed by atoms with E-state index in [-0.39, 0.29) is 6.42 Å². The lowest BCUT2D eigenvalue weighted by atomic mass is 9.92. The third-order valence-electron chi connectivity index (χ3n) is 5.46. The van der Waals surface area contributed by atoms with E-state index in [1.54, 1.807) is 51.5 Å². The molecule has 0 bridgehead atoms. The van der Waals surface area contributed by atoms with Crippen molar-refractivity contribution in [2.45, 2.75) is 44.7 Å². The summed E-state index contributed by atoms with van der Waals surface area (Å²) in [6, 6.07) is 10.7. The van der Waals surface area contributed by atoms with E-state index in [9.17, 15) is 15.0 Å². The zero-order chi connectivity index (χ0) is 22.5. The van der Waals surface area contributed by atoms with Gasteiger partial charge in [0.25, 0.3) is 0 Å². The van der Waals surface area contributed by atoms with Crippen molar-refractivity contribution >= 4 is 11.9 Å². The minimum atomic E-state index is -0.965. The Bertz CT molecular complexity index is 924. The highest BCUT2D eigenvalue weighted by molar-refractivity contribution is 6.06. The second-order valence-electron chi connectivity index (χ2n) is 7.49. The summed E-state index contributed by atoms with van der Waals surface area (Å²) in [5.41, 5.74) is 2.46. The van der Waals surface area contributed by atoms with Crippen molar-refractivity contribution in [2.75, 3.05) is 14.2 Å². The van der Waals surface area contributed by atoms with Gasteiger partial charge in [-0.2, -0.15) is 0 Å². The fourth-order valence-corrected chi connectivity index (χ4v) is 3.65. The highest BCUT2D eigenvalue weighted by atomic mass is 16.5. The van der Waals surface area contributed by atoms with Crippen LogP contribution in [0.4, 0.5) is 0 Å². The van der Waals surface area contributed by atoms with Gasteiger partial charge in [0, 0.05) is 6.42 Å². The summed E-state index contributed by atoms with van der Waals surface area (Å²) >= 11 is 0. The summed E-state index contributed by atoms with van der Waals surface area (Å²) in [5, 5.41) is 20.3. The first-order chi connectivity index (χ1) is 14.9. The van der Waals surface area contributed by atoms with Gasteiger partial charge in [0.05, 0.1) is 43.7 Å². The van der Waals surface area contributed by atoms with Crippen molar-refractivity contribution in [3.05, 3.63) is 59.4 Å². The molecule has 2 aromatic rings. The number of aryl methyl sites for hydroxylation is 1. The zero-order valence-electron chi connectivity index (χ0n) is 18.1. The van der Waals surface area contributed by atoms with Crippen molar-refractivity contribution < 1.29 is 34.0 Å². The van der Waals surface area contributed by atoms with Gasteiger partial charge in [0.15, 0.2) is 6.29 Å². The molecule has 1 saturated heterocycles. The summed E-state index contributed by atoms with van der Waals surface area (Å²) in [5.74, 6) is 1.70. The van der Waals surface area contributed by atoms with Crippen LogP contribution in [0, 0.1) is 6.92 Å². The monoisotopic (exact) mass is 428 g/mol. The number of hydrogen-bond acceptors (Lipinski definition) is 7. The van der Waals surface area contributed by atoms with Crippen molar-refractivity contribution in [2.24, 2.45) is 0 Å². The van der Waals surface area contributed by atoms with Gasteiger partial charge in [0.2, 0.25) is 0 Å².